The number of carboxylic acid groups (broad SMARTS) is 1. The third-order valence-electron chi connectivity index (χ3n) is 7.99. The summed E-state index contributed by atoms with van der Waals surface area (Å²) in [7, 11) is 1.94. The number of hydrogen-bond acceptors (Lipinski definition) is 11. The Morgan fingerprint density at radius 3 is 2.61 bits per heavy atom. The van der Waals surface area contributed by atoms with E-state index in [1.54, 1.807) is 6.08 Å². The van der Waals surface area contributed by atoms with Crippen LogP contribution in [0.4, 0.5) is 0 Å². The number of aliphatic carboxylic acids is 1. The lowest BCUT2D eigenvalue weighted by Gasteiger charge is -2.61. The van der Waals surface area contributed by atoms with Gasteiger partial charge >= 0.3 is 17.9 Å². The summed E-state index contributed by atoms with van der Waals surface area (Å²) in [5, 5.41) is 50.3. The molecule has 5 rings (SSSR count). The molecule has 2 bridgehead atoms. The number of ether oxygens (including phenoxy) is 3. The van der Waals surface area contributed by atoms with Crippen molar-refractivity contribution in [3.63, 3.8) is 0 Å². The van der Waals surface area contributed by atoms with Crippen molar-refractivity contribution in [3.05, 3.63) is 35.1 Å². The number of esters is 2. The number of piperidine rings is 1. The molecule has 4 aliphatic rings. The minimum absolute atomic E-state index is 0.0868. The number of rotatable bonds is 6. The number of hydrogen-bond donors (Lipinski definition) is 5. The first kappa shape index (κ1) is 24.5. The van der Waals surface area contributed by atoms with Crippen LogP contribution in [0.5, 0.6) is 11.5 Å². The summed E-state index contributed by atoms with van der Waals surface area (Å²) >= 11 is 0. The highest BCUT2D eigenvalue weighted by Crippen LogP contribution is 2.65. The van der Waals surface area contributed by atoms with E-state index in [0.29, 0.717) is 24.9 Å². The van der Waals surface area contributed by atoms with Crippen molar-refractivity contribution in [2.24, 2.45) is 0 Å². The van der Waals surface area contributed by atoms with Crippen molar-refractivity contribution < 1.29 is 54.1 Å². The highest BCUT2D eigenvalue weighted by molar-refractivity contribution is 5.86. The van der Waals surface area contributed by atoms with Gasteiger partial charge in [-0.15, -0.1) is 0 Å². The molecule has 0 aromatic heterocycles. The van der Waals surface area contributed by atoms with E-state index in [1.807, 2.05) is 13.1 Å². The van der Waals surface area contributed by atoms with Crippen LogP contribution in [-0.2, 0) is 35.7 Å². The van der Waals surface area contributed by atoms with E-state index in [4.69, 9.17) is 19.3 Å². The number of benzene rings is 1. The highest BCUT2D eigenvalue weighted by atomic mass is 16.6. The second-order valence-electron chi connectivity index (χ2n) is 9.83. The summed E-state index contributed by atoms with van der Waals surface area (Å²) in [6.45, 7) is 1.80. The van der Waals surface area contributed by atoms with Crippen molar-refractivity contribution in [2.75, 3.05) is 13.6 Å². The van der Waals surface area contributed by atoms with Crippen molar-refractivity contribution in [3.8, 4) is 11.5 Å². The van der Waals surface area contributed by atoms with Crippen LogP contribution in [-0.4, -0.2) is 98.0 Å². The predicted octanol–water partition coefficient (Wildman–Crippen LogP) is -1.05. The third kappa shape index (κ3) is 3.18. The van der Waals surface area contributed by atoms with E-state index >= 15 is 0 Å². The minimum Gasteiger partial charge on any atom is -0.504 e. The smallest absolute Gasteiger partial charge is 0.352 e. The fraction of sp³-hybridized carbons (Fsp3) is 0.542. The zero-order chi connectivity index (χ0) is 26.2. The molecule has 1 spiro atoms. The molecular weight excluding hydrogens is 478 g/mol. The van der Waals surface area contributed by atoms with E-state index in [-0.39, 0.29) is 29.7 Å². The molecule has 5 N–H and O–H groups in total. The lowest BCUT2D eigenvalue weighted by molar-refractivity contribution is -0.182. The average Bonchev–Trinajstić information content (AvgIpc) is 3.19. The van der Waals surface area contributed by atoms with E-state index < -0.39 is 53.3 Å². The molecule has 12 nitrogen and oxygen atoms in total. The number of phenols is 1. The maximum atomic E-state index is 12.8. The largest absolute Gasteiger partial charge is 0.504 e. The Kier molecular flexibility index (Phi) is 5.56. The molecule has 194 valence electrons. The van der Waals surface area contributed by atoms with Crippen LogP contribution in [0.15, 0.2) is 24.0 Å². The van der Waals surface area contributed by atoms with Crippen LogP contribution in [0.1, 0.15) is 30.9 Å². The van der Waals surface area contributed by atoms with Gasteiger partial charge in [-0.25, -0.2) is 14.4 Å². The van der Waals surface area contributed by atoms with Gasteiger partial charge in [0.2, 0.25) is 0 Å². The summed E-state index contributed by atoms with van der Waals surface area (Å²) in [6, 6.07) is 3.13. The Bertz CT molecular complexity index is 1180. The van der Waals surface area contributed by atoms with Crippen LogP contribution in [0, 0.1) is 0 Å². The Hall–Kier alpha value is -3.19. The number of likely N-dealkylation sites (N-methyl/N-ethyl adjacent to an activating group) is 1. The molecule has 3 unspecified atom stereocenters. The summed E-state index contributed by atoms with van der Waals surface area (Å²) in [5.74, 6) is -4.13. The lowest BCUT2D eigenvalue weighted by Crippen LogP contribution is -2.74. The molecule has 12 heteroatoms. The zero-order valence-corrected chi connectivity index (χ0v) is 19.6. The van der Waals surface area contributed by atoms with Gasteiger partial charge < -0.3 is 44.6 Å². The first-order valence-electron chi connectivity index (χ1n) is 11.6. The summed E-state index contributed by atoms with van der Waals surface area (Å²) in [4.78, 5) is 37.6. The molecule has 0 amide bonds. The molecule has 0 radical (unpaired) electrons. The molecule has 2 heterocycles. The van der Waals surface area contributed by atoms with Crippen LogP contribution in [0.25, 0.3) is 0 Å². The fourth-order valence-electron chi connectivity index (χ4n) is 6.19. The first-order valence-corrected chi connectivity index (χ1v) is 11.6. The van der Waals surface area contributed by atoms with Gasteiger partial charge in [0.05, 0.1) is 11.0 Å². The molecule has 7 atom stereocenters. The van der Waals surface area contributed by atoms with Gasteiger partial charge in [0.15, 0.2) is 35.9 Å². The molecule has 2 aliphatic heterocycles. The van der Waals surface area contributed by atoms with Gasteiger partial charge in [-0.3, -0.25) is 0 Å². The number of aliphatic hydroxyl groups is 3. The number of aromatic hydroxyl groups is 1. The number of carbonyl (C=O) groups excluding carboxylic acids is 2. The molecule has 1 saturated heterocycles. The molecule has 0 saturated carbocycles. The Balaban J connectivity index is 1.42. The predicted molar refractivity (Wildman–Crippen MR) is 118 cm³/mol. The number of carbonyl (C=O) groups is 3. The molecule has 1 fully saturated rings. The second-order valence-corrected chi connectivity index (χ2v) is 9.83. The normalized spacial score (nSPS) is 32.3. The number of likely N-dealkylation sites (tertiary alicyclic amines) is 1. The molecule has 2 aliphatic carbocycles. The minimum atomic E-state index is -2.42. The monoisotopic (exact) mass is 505 g/mol. The molecule has 1 aromatic carbocycles. The van der Waals surface area contributed by atoms with Gasteiger partial charge in [0, 0.05) is 18.0 Å². The van der Waals surface area contributed by atoms with E-state index in [2.05, 4.69) is 4.90 Å². The van der Waals surface area contributed by atoms with E-state index in [9.17, 15) is 34.8 Å². The van der Waals surface area contributed by atoms with E-state index in [1.165, 1.54) is 13.0 Å². The average molecular weight is 505 g/mol. The molecular formula is C24H27NO11. The quantitative estimate of drug-likeness (QED) is 0.296. The van der Waals surface area contributed by atoms with Gasteiger partial charge in [-0.1, -0.05) is 6.07 Å². The van der Waals surface area contributed by atoms with Gasteiger partial charge in [0.1, 0.15) is 5.76 Å². The Labute approximate surface area is 205 Å². The summed E-state index contributed by atoms with van der Waals surface area (Å²) < 4.78 is 16.5. The van der Waals surface area contributed by atoms with Crippen LogP contribution < -0.4 is 4.74 Å². The maximum absolute atomic E-state index is 12.8. The van der Waals surface area contributed by atoms with E-state index in [0.717, 1.165) is 5.56 Å². The number of phenolic OH excluding ortho intramolecular Hbond substituents is 1. The maximum Gasteiger partial charge on any atom is 0.352 e. The van der Waals surface area contributed by atoms with Crippen molar-refractivity contribution in [1.29, 1.82) is 0 Å². The van der Waals surface area contributed by atoms with Crippen molar-refractivity contribution >= 4 is 17.9 Å². The number of aliphatic hydroxyl groups excluding tert-OH is 2. The lowest BCUT2D eigenvalue weighted by atomic mass is 9.50. The first-order chi connectivity index (χ1) is 16.9. The fourth-order valence-corrected chi connectivity index (χ4v) is 6.19. The Morgan fingerprint density at radius 1 is 1.19 bits per heavy atom. The third-order valence-corrected chi connectivity index (χ3v) is 7.99. The number of nitrogens with zero attached hydrogens (tertiary/aromatic N) is 1. The summed E-state index contributed by atoms with van der Waals surface area (Å²) in [6.07, 6.45) is -4.56. The Morgan fingerprint density at radius 2 is 1.92 bits per heavy atom. The zero-order valence-electron chi connectivity index (χ0n) is 19.6. The van der Waals surface area contributed by atoms with Gasteiger partial charge in [-0.05, 0) is 51.1 Å². The second kappa shape index (κ2) is 8.17. The van der Waals surface area contributed by atoms with Crippen LogP contribution in [0.2, 0.25) is 0 Å². The van der Waals surface area contributed by atoms with Crippen LogP contribution >= 0.6 is 0 Å². The topological polar surface area (TPSA) is 183 Å². The standard InChI is InChI=1S/C24H27NO11/c1-10(34-22(32)17(28)16(27)20(29)30)21(31)35-13-5-6-24(33)14-9-11-3-4-12(26)18-15(11)23(24,19(13)36-18)7-8-25(14)2/h3-5,10,14,16-17,19,26-28,33H,6-9H2,1-2H3,(H,29,30)/t10?,14-,16?,17?,19+,23+,24-/m1/s1. The molecule has 36 heavy (non-hydrogen) atoms. The van der Waals surface area contributed by atoms with Gasteiger partial charge in [0.25, 0.3) is 0 Å². The van der Waals surface area contributed by atoms with Crippen molar-refractivity contribution in [2.45, 2.75) is 67.7 Å². The highest BCUT2D eigenvalue weighted by Gasteiger charge is 2.72. The molecule has 1 aromatic rings. The van der Waals surface area contributed by atoms with Crippen molar-refractivity contribution in [1.82, 2.24) is 4.90 Å². The SMILES string of the molecule is CC(OC(=O)C(O)C(O)C(=O)O)C(=O)OC1=CC[C@@]2(O)[C@H]3Cc4ccc(O)c5c4[C@@]2(CCN3C)[C@H]1O5. The number of carboxylic acids is 1. The summed E-state index contributed by atoms with van der Waals surface area (Å²) in [5.41, 5.74) is -0.571. The van der Waals surface area contributed by atoms with Gasteiger partial charge in [-0.2, -0.15) is 0 Å². The van der Waals surface area contributed by atoms with Crippen LogP contribution in [0.3, 0.4) is 0 Å².